The van der Waals surface area contributed by atoms with Crippen LogP contribution in [0.3, 0.4) is 0 Å². The maximum atomic E-state index is 10.4. The van der Waals surface area contributed by atoms with E-state index in [1.54, 1.807) is 0 Å². The topological polar surface area (TPSA) is 23.5 Å². The van der Waals surface area contributed by atoms with E-state index in [0.29, 0.717) is 0 Å². The summed E-state index contributed by atoms with van der Waals surface area (Å²) in [6.07, 6.45) is 4.12. The molecular weight excluding hydrogens is 234 g/mol. The summed E-state index contributed by atoms with van der Waals surface area (Å²) in [7, 11) is 0. The number of hydrogen-bond donors (Lipinski definition) is 1. The van der Waals surface area contributed by atoms with E-state index in [-0.39, 0.29) is 5.60 Å². The molecule has 1 aliphatic heterocycles. The van der Waals surface area contributed by atoms with Gasteiger partial charge in [-0.2, -0.15) is 0 Å². The summed E-state index contributed by atoms with van der Waals surface area (Å²) in [6, 6.07) is 10.7. The fourth-order valence-electron chi connectivity index (χ4n) is 3.96. The molecule has 104 valence electrons. The second kappa shape index (κ2) is 5.26. The molecule has 0 radical (unpaired) electrons. The van der Waals surface area contributed by atoms with Crippen LogP contribution >= 0.6 is 0 Å². The number of hydrogen-bond acceptors (Lipinski definition) is 2. The predicted octanol–water partition coefficient (Wildman–Crippen LogP) is 2.71. The van der Waals surface area contributed by atoms with Crippen LogP contribution in [0.1, 0.15) is 31.7 Å². The van der Waals surface area contributed by atoms with Gasteiger partial charge in [-0.1, -0.05) is 37.3 Å². The molecule has 1 aromatic carbocycles. The molecule has 2 heteroatoms. The minimum atomic E-state index is -0.346. The standard InChI is InChI=1S/C17H25NO/c1-2-17(19)10-15-12-18(13-16(15)11-17)9-8-14-6-4-3-5-7-14/h3-7,15-16,19H,2,8-13H2,1H3. The van der Waals surface area contributed by atoms with E-state index in [2.05, 4.69) is 42.2 Å². The molecule has 0 spiro atoms. The first-order valence-corrected chi connectivity index (χ1v) is 7.67. The summed E-state index contributed by atoms with van der Waals surface area (Å²) in [4.78, 5) is 2.59. The molecule has 1 saturated heterocycles. The average Bonchev–Trinajstić information content (AvgIpc) is 2.92. The van der Waals surface area contributed by atoms with Crippen molar-refractivity contribution in [3.05, 3.63) is 35.9 Å². The summed E-state index contributed by atoms with van der Waals surface area (Å²) < 4.78 is 0. The lowest BCUT2D eigenvalue weighted by molar-refractivity contribution is 0.0314. The van der Waals surface area contributed by atoms with Crippen molar-refractivity contribution < 1.29 is 5.11 Å². The van der Waals surface area contributed by atoms with Crippen molar-refractivity contribution in [3.8, 4) is 0 Å². The molecular formula is C17H25NO. The normalized spacial score (nSPS) is 34.6. The average molecular weight is 259 g/mol. The maximum Gasteiger partial charge on any atom is 0.0651 e. The molecule has 1 saturated carbocycles. The molecule has 1 aromatic rings. The first-order valence-electron chi connectivity index (χ1n) is 7.67. The van der Waals surface area contributed by atoms with E-state index in [9.17, 15) is 5.11 Å². The summed E-state index contributed by atoms with van der Waals surface area (Å²) >= 11 is 0. The summed E-state index contributed by atoms with van der Waals surface area (Å²) in [6.45, 7) is 5.68. The van der Waals surface area contributed by atoms with Crippen molar-refractivity contribution >= 4 is 0 Å². The summed E-state index contributed by atoms with van der Waals surface area (Å²) in [5.74, 6) is 1.47. The van der Waals surface area contributed by atoms with Gasteiger partial charge >= 0.3 is 0 Å². The first kappa shape index (κ1) is 13.1. The third-order valence-electron chi connectivity index (χ3n) is 5.15. The number of rotatable bonds is 4. The smallest absolute Gasteiger partial charge is 0.0651 e. The van der Waals surface area contributed by atoms with Crippen LogP contribution in [-0.2, 0) is 6.42 Å². The largest absolute Gasteiger partial charge is 0.390 e. The highest BCUT2D eigenvalue weighted by Gasteiger charge is 2.46. The number of likely N-dealkylation sites (tertiary alicyclic amines) is 1. The van der Waals surface area contributed by atoms with Gasteiger partial charge in [0.25, 0.3) is 0 Å². The second-order valence-corrected chi connectivity index (χ2v) is 6.50. The molecule has 0 bridgehead atoms. The van der Waals surface area contributed by atoms with Gasteiger partial charge in [0, 0.05) is 19.6 Å². The van der Waals surface area contributed by atoms with Crippen molar-refractivity contribution in [2.24, 2.45) is 11.8 Å². The van der Waals surface area contributed by atoms with Gasteiger partial charge in [-0.05, 0) is 43.1 Å². The van der Waals surface area contributed by atoms with Gasteiger partial charge in [-0.15, -0.1) is 0 Å². The molecule has 0 aromatic heterocycles. The third kappa shape index (κ3) is 2.85. The number of aliphatic hydroxyl groups is 1. The van der Waals surface area contributed by atoms with E-state index in [1.165, 1.54) is 25.2 Å². The van der Waals surface area contributed by atoms with Crippen LogP contribution in [0.25, 0.3) is 0 Å². The van der Waals surface area contributed by atoms with Crippen LogP contribution in [0.4, 0.5) is 0 Å². The van der Waals surface area contributed by atoms with Gasteiger partial charge in [-0.3, -0.25) is 0 Å². The predicted molar refractivity (Wildman–Crippen MR) is 78.0 cm³/mol. The fourth-order valence-corrected chi connectivity index (χ4v) is 3.96. The van der Waals surface area contributed by atoms with E-state index < -0.39 is 0 Å². The highest BCUT2D eigenvalue weighted by atomic mass is 16.3. The zero-order valence-corrected chi connectivity index (χ0v) is 11.9. The lowest BCUT2D eigenvalue weighted by Crippen LogP contribution is -2.30. The number of fused-ring (bicyclic) bond motifs is 1. The molecule has 19 heavy (non-hydrogen) atoms. The van der Waals surface area contributed by atoms with Crippen molar-refractivity contribution in [3.63, 3.8) is 0 Å². The van der Waals surface area contributed by atoms with E-state index >= 15 is 0 Å². The highest BCUT2D eigenvalue weighted by molar-refractivity contribution is 5.15. The van der Waals surface area contributed by atoms with E-state index in [1.807, 2.05) is 0 Å². The van der Waals surface area contributed by atoms with Crippen LogP contribution in [0.5, 0.6) is 0 Å². The summed E-state index contributed by atoms with van der Waals surface area (Å²) in [5, 5.41) is 10.4. The van der Waals surface area contributed by atoms with Crippen molar-refractivity contribution in [2.75, 3.05) is 19.6 Å². The monoisotopic (exact) mass is 259 g/mol. The Morgan fingerprint density at radius 1 is 1.16 bits per heavy atom. The quantitative estimate of drug-likeness (QED) is 0.898. The molecule has 2 aliphatic rings. The molecule has 1 heterocycles. The highest BCUT2D eigenvalue weighted by Crippen LogP contribution is 2.45. The molecule has 2 unspecified atom stereocenters. The lowest BCUT2D eigenvalue weighted by Gasteiger charge is -2.24. The van der Waals surface area contributed by atoms with E-state index in [4.69, 9.17) is 0 Å². The Morgan fingerprint density at radius 3 is 2.37 bits per heavy atom. The zero-order valence-electron chi connectivity index (χ0n) is 11.9. The first-order chi connectivity index (χ1) is 9.18. The molecule has 0 amide bonds. The van der Waals surface area contributed by atoms with Crippen LogP contribution in [0, 0.1) is 11.8 Å². The molecule has 2 atom stereocenters. The molecule has 3 rings (SSSR count). The van der Waals surface area contributed by atoms with Gasteiger partial charge in [-0.25, -0.2) is 0 Å². The Morgan fingerprint density at radius 2 is 1.79 bits per heavy atom. The van der Waals surface area contributed by atoms with Crippen molar-refractivity contribution in [1.29, 1.82) is 0 Å². The Bertz CT molecular complexity index is 403. The van der Waals surface area contributed by atoms with Crippen molar-refractivity contribution in [2.45, 2.75) is 38.2 Å². The molecule has 1 N–H and O–H groups in total. The summed E-state index contributed by atoms with van der Waals surface area (Å²) in [5.41, 5.74) is 1.09. The molecule has 2 nitrogen and oxygen atoms in total. The van der Waals surface area contributed by atoms with Crippen LogP contribution < -0.4 is 0 Å². The van der Waals surface area contributed by atoms with Gasteiger partial charge in [0.1, 0.15) is 0 Å². The van der Waals surface area contributed by atoms with Gasteiger partial charge in [0.15, 0.2) is 0 Å². The van der Waals surface area contributed by atoms with Gasteiger partial charge in [0.2, 0.25) is 0 Å². The number of nitrogens with zero attached hydrogens (tertiary/aromatic N) is 1. The second-order valence-electron chi connectivity index (χ2n) is 6.50. The minimum absolute atomic E-state index is 0.346. The zero-order chi connectivity index (χ0) is 13.3. The van der Waals surface area contributed by atoms with Gasteiger partial charge in [0.05, 0.1) is 5.60 Å². The molecule has 1 aliphatic carbocycles. The molecule has 2 fully saturated rings. The number of benzene rings is 1. The van der Waals surface area contributed by atoms with Crippen LogP contribution in [0.2, 0.25) is 0 Å². The fraction of sp³-hybridized carbons (Fsp3) is 0.647. The SMILES string of the molecule is CCC1(O)CC2CN(CCc3ccccc3)CC2C1. The maximum absolute atomic E-state index is 10.4. The van der Waals surface area contributed by atoms with Gasteiger partial charge < -0.3 is 10.0 Å². The Hall–Kier alpha value is -0.860. The van der Waals surface area contributed by atoms with Crippen LogP contribution in [-0.4, -0.2) is 35.2 Å². The minimum Gasteiger partial charge on any atom is -0.390 e. The Kier molecular flexibility index (Phi) is 3.64. The Balaban J connectivity index is 1.50. The Labute approximate surface area is 116 Å². The third-order valence-corrected chi connectivity index (χ3v) is 5.15. The lowest BCUT2D eigenvalue weighted by atomic mass is 9.97. The van der Waals surface area contributed by atoms with E-state index in [0.717, 1.165) is 37.5 Å². The van der Waals surface area contributed by atoms with Crippen molar-refractivity contribution in [1.82, 2.24) is 4.90 Å². The van der Waals surface area contributed by atoms with Crippen LogP contribution in [0.15, 0.2) is 30.3 Å².